The van der Waals surface area contributed by atoms with Gasteiger partial charge in [0.2, 0.25) is 0 Å². The summed E-state index contributed by atoms with van der Waals surface area (Å²) in [7, 11) is 0. The highest BCUT2D eigenvalue weighted by Crippen LogP contribution is 2.26. The Balaban J connectivity index is 2.09. The third kappa shape index (κ3) is 4.30. The SMILES string of the molecule is CCNC(CSc1ncns1)c1cc(C)cc(C)c1. The number of thioether (sulfide) groups is 1. The number of hydrogen-bond acceptors (Lipinski definition) is 5. The Labute approximate surface area is 123 Å². The monoisotopic (exact) mass is 293 g/mol. The molecule has 0 aliphatic rings. The Hall–Kier alpha value is -0.910. The summed E-state index contributed by atoms with van der Waals surface area (Å²) in [5, 5.41) is 3.55. The smallest absolute Gasteiger partial charge is 0.169 e. The van der Waals surface area contributed by atoms with Gasteiger partial charge in [0.1, 0.15) is 6.33 Å². The van der Waals surface area contributed by atoms with Crippen molar-refractivity contribution in [2.75, 3.05) is 12.3 Å². The molecule has 1 N–H and O–H groups in total. The van der Waals surface area contributed by atoms with Crippen molar-refractivity contribution < 1.29 is 0 Å². The summed E-state index contributed by atoms with van der Waals surface area (Å²) in [5.74, 6) is 0.978. The second-order valence-corrected chi connectivity index (χ2v) is 6.60. The third-order valence-corrected chi connectivity index (χ3v) is 4.70. The molecule has 1 atom stereocenters. The molecule has 0 spiro atoms. The summed E-state index contributed by atoms with van der Waals surface area (Å²) in [6.45, 7) is 7.41. The molecule has 19 heavy (non-hydrogen) atoms. The van der Waals surface area contributed by atoms with Gasteiger partial charge in [-0.25, -0.2) is 4.98 Å². The van der Waals surface area contributed by atoms with Crippen molar-refractivity contribution >= 4 is 23.3 Å². The van der Waals surface area contributed by atoms with E-state index in [2.05, 4.69) is 53.6 Å². The van der Waals surface area contributed by atoms with E-state index >= 15 is 0 Å². The predicted molar refractivity (Wildman–Crippen MR) is 83.0 cm³/mol. The zero-order valence-electron chi connectivity index (χ0n) is 11.5. The molecule has 1 aromatic heterocycles. The molecule has 0 saturated heterocycles. The fourth-order valence-corrected chi connectivity index (χ4v) is 3.68. The van der Waals surface area contributed by atoms with E-state index in [9.17, 15) is 0 Å². The van der Waals surface area contributed by atoms with Gasteiger partial charge in [-0.05, 0) is 37.5 Å². The average Bonchev–Trinajstić information content (AvgIpc) is 2.86. The van der Waals surface area contributed by atoms with Gasteiger partial charge >= 0.3 is 0 Å². The van der Waals surface area contributed by atoms with Gasteiger partial charge < -0.3 is 5.32 Å². The maximum atomic E-state index is 4.22. The van der Waals surface area contributed by atoms with Crippen molar-refractivity contribution in [2.45, 2.75) is 31.2 Å². The van der Waals surface area contributed by atoms with Crippen LogP contribution in [-0.2, 0) is 0 Å². The molecule has 2 aromatic rings. The normalized spacial score (nSPS) is 12.6. The summed E-state index contributed by atoms with van der Waals surface area (Å²) in [4.78, 5) is 4.22. The van der Waals surface area contributed by atoms with Crippen LogP contribution in [0.1, 0.15) is 29.7 Å². The fraction of sp³-hybridized carbons (Fsp3) is 0.429. The van der Waals surface area contributed by atoms with Crippen LogP contribution in [-0.4, -0.2) is 21.7 Å². The van der Waals surface area contributed by atoms with E-state index in [-0.39, 0.29) is 0 Å². The zero-order chi connectivity index (χ0) is 13.7. The van der Waals surface area contributed by atoms with Gasteiger partial charge in [-0.3, -0.25) is 0 Å². The molecule has 102 valence electrons. The minimum atomic E-state index is 0.359. The Morgan fingerprint density at radius 1 is 1.26 bits per heavy atom. The van der Waals surface area contributed by atoms with E-state index in [1.165, 1.54) is 28.2 Å². The van der Waals surface area contributed by atoms with Gasteiger partial charge in [0, 0.05) is 11.8 Å². The lowest BCUT2D eigenvalue weighted by molar-refractivity contribution is 0.605. The molecule has 1 unspecified atom stereocenters. The minimum absolute atomic E-state index is 0.359. The molecular formula is C14H19N3S2. The third-order valence-electron chi connectivity index (χ3n) is 2.81. The van der Waals surface area contributed by atoms with Gasteiger partial charge in [-0.2, -0.15) is 4.37 Å². The Kier molecular flexibility index (Phi) is 5.36. The first kappa shape index (κ1) is 14.5. The molecule has 0 fully saturated rings. The van der Waals surface area contributed by atoms with Gasteiger partial charge in [0.15, 0.2) is 4.34 Å². The maximum absolute atomic E-state index is 4.22. The van der Waals surface area contributed by atoms with Crippen molar-refractivity contribution in [2.24, 2.45) is 0 Å². The van der Waals surface area contributed by atoms with Crippen LogP contribution >= 0.6 is 23.3 Å². The topological polar surface area (TPSA) is 37.8 Å². The molecule has 0 aliphatic heterocycles. The lowest BCUT2D eigenvalue weighted by Crippen LogP contribution is -2.23. The second-order valence-electron chi connectivity index (χ2n) is 4.55. The van der Waals surface area contributed by atoms with Gasteiger partial charge in [0.05, 0.1) is 0 Å². The summed E-state index contributed by atoms with van der Waals surface area (Å²) in [6.07, 6.45) is 1.62. The van der Waals surface area contributed by atoms with Crippen molar-refractivity contribution in [3.05, 3.63) is 41.2 Å². The van der Waals surface area contributed by atoms with Crippen LogP contribution < -0.4 is 5.32 Å². The van der Waals surface area contributed by atoms with E-state index in [4.69, 9.17) is 0 Å². The molecule has 0 radical (unpaired) electrons. The number of benzene rings is 1. The van der Waals surface area contributed by atoms with E-state index in [0.29, 0.717) is 6.04 Å². The van der Waals surface area contributed by atoms with Gasteiger partial charge in [-0.15, -0.1) is 0 Å². The number of hydrogen-bond donors (Lipinski definition) is 1. The highest BCUT2D eigenvalue weighted by atomic mass is 32.2. The Morgan fingerprint density at radius 2 is 2.00 bits per heavy atom. The quantitative estimate of drug-likeness (QED) is 0.826. The number of nitrogens with zero attached hydrogens (tertiary/aromatic N) is 2. The van der Waals surface area contributed by atoms with Crippen molar-refractivity contribution in [1.29, 1.82) is 0 Å². The molecule has 3 nitrogen and oxygen atoms in total. The molecule has 0 bridgehead atoms. The van der Waals surface area contributed by atoms with Crippen molar-refractivity contribution in [1.82, 2.24) is 14.7 Å². The average molecular weight is 293 g/mol. The largest absolute Gasteiger partial charge is 0.309 e. The van der Waals surface area contributed by atoms with Gasteiger partial charge in [0.25, 0.3) is 0 Å². The highest BCUT2D eigenvalue weighted by Gasteiger charge is 2.12. The van der Waals surface area contributed by atoms with Gasteiger partial charge in [-0.1, -0.05) is 48.0 Å². The van der Waals surface area contributed by atoms with Crippen LogP contribution in [0.4, 0.5) is 0 Å². The van der Waals surface area contributed by atoms with E-state index in [1.54, 1.807) is 18.1 Å². The molecule has 1 heterocycles. The first-order valence-corrected chi connectivity index (χ1v) is 8.16. The van der Waals surface area contributed by atoms with Crippen LogP contribution in [0, 0.1) is 13.8 Å². The van der Waals surface area contributed by atoms with Crippen molar-refractivity contribution in [3.63, 3.8) is 0 Å². The summed E-state index contributed by atoms with van der Waals surface area (Å²) < 4.78 is 5.07. The Morgan fingerprint density at radius 3 is 2.58 bits per heavy atom. The first-order chi connectivity index (χ1) is 9.19. The van der Waals surface area contributed by atoms with Crippen molar-refractivity contribution in [3.8, 4) is 0 Å². The molecule has 1 aromatic carbocycles. The van der Waals surface area contributed by atoms with E-state index in [1.807, 2.05) is 0 Å². The number of aromatic nitrogens is 2. The Bertz CT molecular complexity index is 491. The van der Waals surface area contributed by atoms with Crippen LogP contribution in [0.5, 0.6) is 0 Å². The summed E-state index contributed by atoms with van der Waals surface area (Å²) in [6, 6.07) is 7.10. The standard InChI is InChI=1S/C14H19N3S2/c1-4-15-13(8-18-14-16-9-17-19-14)12-6-10(2)5-11(3)7-12/h5-7,9,13,15H,4,8H2,1-3H3. The number of rotatable bonds is 6. The van der Waals surface area contributed by atoms with Crippen LogP contribution in [0.25, 0.3) is 0 Å². The minimum Gasteiger partial charge on any atom is -0.309 e. The number of aryl methyl sites for hydroxylation is 2. The van der Waals surface area contributed by atoms with Crippen LogP contribution in [0.2, 0.25) is 0 Å². The maximum Gasteiger partial charge on any atom is 0.169 e. The lowest BCUT2D eigenvalue weighted by Gasteiger charge is -2.18. The highest BCUT2D eigenvalue weighted by molar-refractivity contribution is 8.00. The summed E-state index contributed by atoms with van der Waals surface area (Å²) in [5.41, 5.74) is 3.99. The summed E-state index contributed by atoms with van der Waals surface area (Å²) >= 11 is 3.22. The van der Waals surface area contributed by atoms with Crippen LogP contribution in [0.15, 0.2) is 28.9 Å². The number of nitrogens with one attached hydrogen (secondary N) is 1. The lowest BCUT2D eigenvalue weighted by atomic mass is 10.0. The zero-order valence-corrected chi connectivity index (χ0v) is 13.1. The predicted octanol–water partition coefficient (Wildman–Crippen LogP) is 3.60. The van der Waals surface area contributed by atoms with E-state index in [0.717, 1.165) is 16.6 Å². The first-order valence-electron chi connectivity index (χ1n) is 6.40. The fourth-order valence-electron chi connectivity index (χ4n) is 2.11. The second kappa shape index (κ2) is 7.03. The molecule has 0 saturated carbocycles. The van der Waals surface area contributed by atoms with Crippen LogP contribution in [0.3, 0.4) is 0 Å². The molecule has 5 heteroatoms. The molecule has 0 amide bonds. The molecule has 0 aliphatic carbocycles. The molecule has 2 rings (SSSR count). The van der Waals surface area contributed by atoms with E-state index < -0.39 is 0 Å². The molecular weight excluding hydrogens is 274 g/mol.